The van der Waals surface area contributed by atoms with Crippen molar-refractivity contribution >= 4 is 22.8 Å². The van der Waals surface area contributed by atoms with E-state index in [9.17, 15) is 4.79 Å². The van der Waals surface area contributed by atoms with E-state index in [0.717, 1.165) is 5.56 Å². The van der Waals surface area contributed by atoms with Gasteiger partial charge in [-0.3, -0.25) is 4.79 Å². The molecule has 13 heavy (non-hydrogen) atoms. The van der Waals surface area contributed by atoms with Crippen molar-refractivity contribution in [2.75, 3.05) is 0 Å². The van der Waals surface area contributed by atoms with Crippen LogP contribution < -0.4 is 5.56 Å². The third-order valence-electron chi connectivity index (χ3n) is 1.76. The number of nitrogens with zero attached hydrogens (tertiary/aromatic N) is 2. The Morgan fingerprint density at radius 3 is 3.08 bits per heavy atom. The summed E-state index contributed by atoms with van der Waals surface area (Å²) in [6, 6.07) is 1.81. The van der Waals surface area contributed by atoms with Crippen LogP contribution in [0.5, 0.6) is 0 Å². The molecule has 0 aliphatic carbocycles. The number of pyridine rings is 1. The molecule has 0 saturated carbocycles. The Bertz CT molecular complexity index is 520. The summed E-state index contributed by atoms with van der Waals surface area (Å²) in [7, 11) is 0. The van der Waals surface area contributed by atoms with Crippen LogP contribution in [0.2, 0.25) is 5.15 Å². The molecule has 0 unspecified atom stereocenters. The summed E-state index contributed by atoms with van der Waals surface area (Å²) in [4.78, 5) is 21.5. The van der Waals surface area contributed by atoms with Gasteiger partial charge in [-0.15, -0.1) is 0 Å². The minimum Gasteiger partial charge on any atom is -0.303 e. The second-order valence-electron chi connectivity index (χ2n) is 2.68. The molecule has 0 radical (unpaired) electrons. The number of halogens is 1. The number of rotatable bonds is 0. The van der Waals surface area contributed by atoms with Gasteiger partial charge in [0.15, 0.2) is 10.8 Å². The van der Waals surface area contributed by atoms with Crippen LogP contribution in [0.25, 0.3) is 11.2 Å². The van der Waals surface area contributed by atoms with Gasteiger partial charge in [0.1, 0.15) is 5.52 Å². The molecule has 4 nitrogen and oxygen atoms in total. The zero-order valence-corrected chi connectivity index (χ0v) is 7.59. The molecule has 0 atom stereocenters. The predicted octanol–water partition coefficient (Wildman–Crippen LogP) is 1.28. The van der Waals surface area contributed by atoms with Crippen molar-refractivity contribution in [3.63, 3.8) is 0 Å². The fourth-order valence-electron chi connectivity index (χ4n) is 1.09. The predicted molar refractivity (Wildman–Crippen MR) is 49.9 cm³/mol. The number of hydrogen-bond acceptors (Lipinski definition) is 3. The van der Waals surface area contributed by atoms with E-state index in [1.807, 2.05) is 13.0 Å². The quantitative estimate of drug-likeness (QED) is 0.689. The summed E-state index contributed by atoms with van der Waals surface area (Å²) in [6.07, 6.45) is 1.61. The highest BCUT2D eigenvalue weighted by atomic mass is 35.5. The largest absolute Gasteiger partial charge is 0.303 e. The maximum atomic E-state index is 11.1. The van der Waals surface area contributed by atoms with Crippen molar-refractivity contribution in [2.24, 2.45) is 0 Å². The Morgan fingerprint density at radius 1 is 1.54 bits per heavy atom. The van der Waals surface area contributed by atoms with Crippen molar-refractivity contribution in [1.29, 1.82) is 0 Å². The third-order valence-corrected chi connectivity index (χ3v) is 2.01. The second-order valence-corrected chi connectivity index (χ2v) is 3.04. The number of aromatic nitrogens is 3. The van der Waals surface area contributed by atoms with E-state index in [-0.39, 0.29) is 5.15 Å². The fourth-order valence-corrected chi connectivity index (χ4v) is 1.22. The zero-order chi connectivity index (χ0) is 9.42. The minimum atomic E-state index is -0.410. The lowest BCUT2D eigenvalue weighted by Crippen LogP contribution is -2.09. The van der Waals surface area contributed by atoms with Crippen LogP contribution in [0.15, 0.2) is 17.1 Å². The van der Waals surface area contributed by atoms with Gasteiger partial charge in [0.05, 0.1) is 0 Å². The highest BCUT2D eigenvalue weighted by Gasteiger charge is 2.03. The topological polar surface area (TPSA) is 58.6 Å². The molecule has 1 N–H and O–H groups in total. The molecule has 0 saturated heterocycles. The van der Waals surface area contributed by atoms with Crippen LogP contribution in [0.1, 0.15) is 5.56 Å². The molecule has 0 bridgehead atoms. The summed E-state index contributed by atoms with van der Waals surface area (Å²) < 4.78 is 0. The number of aryl methyl sites for hydroxylation is 1. The van der Waals surface area contributed by atoms with Gasteiger partial charge >= 0.3 is 0 Å². The highest BCUT2D eigenvalue weighted by Crippen LogP contribution is 2.10. The molecule has 2 aromatic rings. The molecule has 2 aromatic heterocycles. The molecule has 0 amide bonds. The molecule has 5 heteroatoms. The van der Waals surface area contributed by atoms with Gasteiger partial charge in [0.2, 0.25) is 0 Å². The maximum absolute atomic E-state index is 11.1. The van der Waals surface area contributed by atoms with E-state index >= 15 is 0 Å². The first-order valence-corrected chi connectivity index (χ1v) is 4.07. The molecule has 0 aliphatic rings. The summed E-state index contributed by atoms with van der Waals surface area (Å²) in [5, 5.41) is -0.0522. The van der Waals surface area contributed by atoms with Crippen molar-refractivity contribution in [1.82, 2.24) is 15.0 Å². The first-order chi connectivity index (χ1) is 6.18. The lowest BCUT2D eigenvalue weighted by Gasteiger charge is -1.98. The Hall–Kier alpha value is -1.42. The molecule has 0 aliphatic heterocycles. The van der Waals surface area contributed by atoms with Crippen LogP contribution in [0.4, 0.5) is 0 Å². The fraction of sp³-hybridized carbons (Fsp3) is 0.125. The number of hydrogen-bond donors (Lipinski definition) is 1. The molecular formula is C8H6ClN3O. The molecule has 0 fully saturated rings. The standard InChI is InChI=1S/C8H6ClN3O/c1-4-2-3-10-7-5(4)11-6(9)8(13)12-7/h2-3H,1H3,(H,10,12,13). The highest BCUT2D eigenvalue weighted by molar-refractivity contribution is 6.29. The summed E-state index contributed by atoms with van der Waals surface area (Å²) >= 11 is 5.58. The summed E-state index contributed by atoms with van der Waals surface area (Å²) in [6.45, 7) is 1.88. The summed E-state index contributed by atoms with van der Waals surface area (Å²) in [5.74, 6) is 0. The van der Waals surface area contributed by atoms with E-state index in [2.05, 4.69) is 15.0 Å². The normalized spacial score (nSPS) is 10.6. The van der Waals surface area contributed by atoms with E-state index in [1.165, 1.54) is 0 Å². The molecule has 0 spiro atoms. The minimum absolute atomic E-state index is 0.0522. The third kappa shape index (κ3) is 1.29. The van der Waals surface area contributed by atoms with Gasteiger partial charge in [-0.1, -0.05) is 11.6 Å². The molecule has 0 aromatic carbocycles. The van der Waals surface area contributed by atoms with Crippen molar-refractivity contribution in [3.8, 4) is 0 Å². The van der Waals surface area contributed by atoms with E-state index in [1.54, 1.807) is 6.20 Å². The average molecular weight is 196 g/mol. The van der Waals surface area contributed by atoms with Crippen LogP contribution in [0, 0.1) is 6.92 Å². The monoisotopic (exact) mass is 195 g/mol. The SMILES string of the molecule is Cc1ccnc2[nH]c(=O)c(Cl)nc12. The van der Waals surface area contributed by atoms with Gasteiger partial charge in [-0.25, -0.2) is 9.97 Å². The first kappa shape index (κ1) is 8.19. The van der Waals surface area contributed by atoms with Gasteiger partial charge in [-0.2, -0.15) is 0 Å². The smallest absolute Gasteiger partial charge is 0.287 e. The Labute approximate surface area is 78.6 Å². The van der Waals surface area contributed by atoms with Crippen molar-refractivity contribution < 1.29 is 0 Å². The van der Waals surface area contributed by atoms with Crippen LogP contribution in [-0.2, 0) is 0 Å². The lowest BCUT2D eigenvalue weighted by atomic mass is 10.3. The Morgan fingerprint density at radius 2 is 2.31 bits per heavy atom. The lowest BCUT2D eigenvalue weighted by molar-refractivity contribution is 1.16. The maximum Gasteiger partial charge on any atom is 0.287 e. The Kier molecular flexibility index (Phi) is 1.77. The number of fused-ring (bicyclic) bond motifs is 1. The second kappa shape index (κ2) is 2.81. The average Bonchev–Trinajstić information content (AvgIpc) is 2.09. The first-order valence-electron chi connectivity index (χ1n) is 3.69. The van der Waals surface area contributed by atoms with E-state index < -0.39 is 5.56 Å². The van der Waals surface area contributed by atoms with Gasteiger partial charge in [0, 0.05) is 6.20 Å². The van der Waals surface area contributed by atoms with E-state index in [0.29, 0.717) is 11.2 Å². The molecule has 2 rings (SSSR count). The van der Waals surface area contributed by atoms with Crippen molar-refractivity contribution in [3.05, 3.63) is 33.3 Å². The van der Waals surface area contributed by atoms with E-state index in [4.69, 9.17) is 11.6 Å². The summed E-state index contributed by atoms with van der Waals surface area (Å²) in [5.41, 5.74) is 1.62. The molecule has 2 heterocycles. The number of aromatic amines is 1. The van der Waals surface area contributed by atoms with Crippen molar-refractivity contribution in [2.45, 2.75) is 6.92 Å². The van der Waals surface area contributed by atoms with Gasteiger partial charge < -0.3 is 4.98 Å². The zero-order valence-electron chi connectivity index (χ0n) is 6.84. The van der Waals surface area contributed by atoms with Crippen LogP contribution in [0.3, 0.4) is 0 Å². The van der Waals surface area contributed by atoms with Gasteiger partial charge in [0.25, 0.3) is 5.56 Å². The van der Waals surface area contributed by atoms with Gasteiger partial charge in [-0.05, 0) is 18.6 Å². The van der Waals surface area contributed by atoms with Crippen LogP contribution >= 0.6 is 11.6 Å². The molecular weight excluding hydrogens is 190 g/mol. The van der Waals surface area contributed by atoms with Crippen LogP contribution in [-0.4, -0.2) is 15.0 Å². The number of nitrogens with one attached hydrogen (secondary N) is 1. The molecule has 66 valence electrons. The number of H-pyrrole nitrogens is 1. The Balaban J connectivity index is 2.97.